The summed E-state index contributed by atoms with van der Waals surface area (Å²) in [7, 11) is 0. The highest BCUT2D eigenvalue weighted by atomic mass is 35.5. The summed E-state index contributed by atoms with van der Waals surface area (Å²) in [5, 5.41) is 10.4. The van der Waals surface area contributed by atoms with Gasteiger partial charge in [0, 0.05) is 5.03 Å². The molecule has 108 valence electrons. The van der Waals surface area contributed by atoms with Crippen molar-refractivity contribution < 1.29 is 18.3 Å². The van der Waals surface area contributed by atoms with Gasteiger partial charge in [0.1, 0.15) is 10.9 Å². The van der Waals surface area contributed by atoms with Gasteiger partial charge in [0.05, 0.1) is 17.3 Å². The fourth-order valence-electron chi connectivity index (χ4n) is 1.89. The Balaban J connectivity index is 2.52. The van der Waals surface area contributed by atoms with Gasteiger partial charge in [-0.2, -0.15) is 13.2 Å². The first-order valence-corrected chi connectivity index (χ1v) is 6.39. The Morgan fingerprint density at radius 3 is 2.45 bits per heavy atom. The zero-order valence-corrected chi connectivity index (χ0v) is 11.8. The van der Waals surface area contributed by atoms with Crippen LogP contribution in [-0.4, -0.2) is 11.1 Å². The van der Waals surface area contributed by atoms with Crippen LogP contribution in [0, 0.1) is 0 Å². The second-order valence-electron chi connectivity index (χ2n) is 4.29. The molecule has 0 bridgehead atoms. The Kier molecular flexibility index (Phi) is 3.93. The zero-order chi connectivity index (χ0) is 15.1. The standard InChI is InChI=1S/C13H10Cl2F3NO/c1-7-9(14)3-5-12(15)19(7)10-6-8(13(16,17)18)2-4-11(10)20/h2-7,20H,1H3. The highest BCUT2D eigenvalue weighted by Gasteiger charge is 2.33. The van der Waals surface area contributed by atoms with E-state index in [0.29, 0.717) is 5.03 Å². The van der Waals surface area contributed by atoms with Crippen LogP contribution in [0.25, 0.3) is 0 Å². The van der Waals surface area contributed by atoms with Crippen molar-refractivity contribution in [3.05, 3.63) is 46.1 Å². The predicted octanol–water partition coefficient (Wildman–Crippen LogP) is 4.82. The number of phenolic OH excluding ortho intramolecular Hbond substituents is 1. The molecule has 1 atom stereocenters. The molecule has 0 saturated heterocycles. The SMILES string of the molecule is CC1C(Cl)=CC=C(Cl)N1c1cc(C(F)(F)F)ccc1O. The van der Waals surface area contributed by atoms with Crippen LogP contribution in [0.3, 0.4) is 0 Å². The van der Waals surface area contributed by atoms with E-state index in [4.69, 9.17) is 23.2 Å². The summed E-state index contributed by atoms with van der Waals surface area (Å²) in [6.07, 6.45) is -1.48. The molecule has 0 aromatic heterocycles. The summed E-state index contributed by atoms with van der Waals surface area (Å²) in [4.78, 5) is 1.34. The van der Waals surface area contributed by atoms with E-state index in [1.165, 1.54) is 11.0 Å². The molecule has 0 fully saturated rings. The quantitative estimate of drug-likeness (QED) is 0.749. The van der Waals surface area contributed by atoms with Crippen LogP contribution in [0.1, 0.15) is 12.5 Å². The van der Waals surface area contributed by atoms with E-state index in [0.717, 1.165) is 18.2 Å². The number of hydrogen-bond acceptors (Lipinski definition) is 2. The summed E-state index contributed by atoms with van der Waals surface area (Å²) in [5.74, 6) is -0.303. The Morgan fingerprint density at radius 1 is 1.20 bits per heavy atom. The molecule has 1 unspecified atom stereocenters. The van der Waals surface area contributed by atoms with Crippen LogP contribution in [0.5, 0.6) is 5.75 Å². The second kappa shape index (κ2) is 5.22. The van der Waals surface area contributed by atoms with Gasteiger partial charge < -0.3 is 10.0 Å². The lowest BCUT2D eigenvalue weighted by Crippen LogP contribution is -2.33. The lowest BCUT2D eigenvalue weighted by atomic mass is 10.1. The molecule has 1 heterocycles. The first-order chi connectivity index (χ1) is 9.21. The van der Waals surface area contributed by atoms with E-state index in [9.17, 15) is 18.3 Å². The summed E-state index contributed by atoms with van der Waals surface area (Å²) in [6.45, 7) is 1.67. The van der Waals surface area contributed by atoms with Gasteiger partial charge in [-0.05, 0) is 37.3 Å². The minimum absolute atomic E-state index is 0.0418. The Bertz CT molecular complexity index is 596. The van der Waals surface area contributed by atoms with E-state index in [-0.39, 0.29) is 16.6 Å². The lowest BCUT2D eigenvalue weighted by molar-refractivity contribution is -0.137. The smallest absolute Gasteiger partial charge is 0.416 e. The fraction of sp³-hybridized carbons (Fsp3) is 0.231. The lowest BCUT2D eigenvalue weighted by Gasteiger charge is -2.33. The van der Waals surface area contributed by atoms with Crippen LogP contribution in [0.2, 0.25) is 0 Å². The van der Waals surface area contributed by atoms with Crippen molar-refractivity contribution >= 4 is 28.9 Å². The van der Waals surface area contributed by atoms with Crippen molar-refractivity contribution in [2.75, 3.05) is 4.90 Å². The first kappa shape index (κ1) is 15.1. The molecule has 0 amide bonds. The molecule has 1 aromatic carbocycles. The molecule has 1 N–H and O–H groups in total. The summed E-state index contributed by atoms with van der Waals surface area (Å²) in [6, 6.07) is 2.17. The largest absolute Gasteiger partial charge is 0.506 e. The summed E-state index contributed by atoms with van der Waals surface area (Å²) < 4.78 is 38.3. The maximum atomic E-state index is 12.8. The normalized spacial score (nSPS) is 19.7. The number of phenols is 1. The number of nitrogens with zero attached hydrogens (tertiary/aromatic N) is 1. The molecule has 2 rings (SSSR count). The average Bonchev–Trinajstić information content (AvgIpc) is 2.35. The Hall–Kier alpha value is -1.33. The number of rotatable bonds is 1. The first-order valence-electron chi connectivity index (χ1n) is 5.64. The topological polar surface area (TPSA) is 23.5 Å². The van der Waals surface area contributed by atoms with Gasteiger partial charge in [0.2, 0.25) is 0 Å². The number of hydrogen-bond donors (Lipinski definition) is 1. The monoisotopic (exact) mass is 323 g/mol. The Morgan fingerprint density at radius 2 is 1.85 bits per heavy atom. The molecule has 1 aromatic rings. The van der Waals surface area contributed by atoms with Crippen LogP contribution in [0.4, 0.5) is 18.9 Å². The van der Waals surface area contributed by atoms with Crippen LogP contribution in [-0.2, 0) is 6.18 Å². The third-order valence-electron chi connectivity index (χ3n) is 2.96. The molecule has 0 spiro atoms. The van der Waals surface area contributed by atoms with E-state index < -0.39 is 17.8 Å². The highest BCUT2D eigenvalue weighted by molar-refractivity contribution is 6.34. The van der Waals surface area contributed by atoms with Crippen LogP contribution >= 0.6 is 23.2 Å². The maximum absolute atomic E-state index is 12.8. The summed E-state index contributed by atoms with van der Waals surface area (Å²) >= 11 is 12.0. The Labute approximate surface area is 123 Å². The van der Waals surface area contributed by atoms with E-state index in [1.54, 1.807) is 13.0 Å². The molecule has 2 nitrogen and oxygen atoms in total. The van der Waals surface area contributed by atoms with Crippen molar-refractivity contribution in [1.29, 1.82) is 0 Å². The van der Waals surface area contributed by atoms with Gasteiger partial charge in [-0.3, -0.25) is 0 Å². The van der Waals surface area contributed by atoms with Crippen molar-refractivity contribution in [2.45, 2.75) is 19.1 Å². The van der Waals surface area contributed by atoms with Gasteiger partial charge in [-0.15, -0.1) is 0 Å². The molecule has 1 aliphatic rings. The summed E-state index contributed by atoms with van der Waals surface area (Å²) in [5.41, 5.74) is -0.910. The maximum Gasteiger partial charge on any atom is 0.416 e. The zero-order valence-electron chi connectivity index (χ0n) is 10.2. The molecule has 1 aliphatic heterocycles. The van der Waals surface area contributed by atoms with Crippen molar-refractivity contribution in [2.24, 2.45) is 0 Å². The third-order valence-corrected chi connectivity index (χ3v) is 3.71. The minimum atomic E-state index is -4.50. The molecule has 0 saturated carbocycles. The number of alkyl halides is 3. The van der Waals surface area contributed by atoms with E-state index in [1.807, 2.05) is 0 Å². The van der Waals surface area contributed by atoms with Gasteiger partial charge in [0.25, 0.3) is 0 Å². The van der Waals surface area contributed by atoms with Gasteiger partial charge in [-0.1, -0.05) is 23.2 Å². The molecule has 7 heteroatoms. The molecule has 0 radical (unpaired) electrons. The minimum Gasteiger partial charge on any atom is -0.506 e. The van der Waals surface area contributed by atoms with Gasteiger partial charge in [-0.25, -0.2) is 0 Å². The van der Waals surface area contributed by atoms with Crippen molar-refractivity contribution in [3.8, 4) is 5.75 Å². The van der Waals surface area contributed by atoms with Crippen molar-refractivity contribution in [1.82, 2.24) is 0 Å². The highest BCUT2D eigenvalue weighted by Crippen LogP contribution is 2.41. The average molecular weight is 324 g/mol. The molecular formula is C13H10Cl2F3NO. The fourth-order valence-corrected chi connectivity index (χ4v) is 2.35. The van der Waals surface area contributed by atoms with Crippen LogP contribution in [0.15, 0.2) is 40.5 Å². The molecule has 0 aliphatic carbocycles. The second-order valence-corrected chi connectivity index (χ2v) is 5.11. The molecular weight excluding hydrogens is 314 g/mol. The number of halogens is 5. The predicted molar refractivity (Wildman–Crippen MR) is 72.9 cm³/mol. The molecule has 20 heavy (non-hydrogen) atoms. The van der Waals surface area contributed by atoms with Gasteiger partial charge >= 0.3 is 6.18 Å². The van der Waals surface area contributed by atoms with E-state index >= 15 is 0 Å². The third kappa shape index (κ3) is 2.74. The van der Waals surface area contributed by atoms with E-state index in [2.05, 4.69) is 0 Å². The number of aromatic hydroxyl groups is 1. The van der Waals surface area contributed by atoms with Crippen molar-refractivity contribution in [3.63, 3.8) is 0 Å². The number of anilines is 1. The van der Waals surface area contributed by atoms with Crippen LogP contribution < -0.4 is 4.90 Å². The number of benzene rings is 1. The van der Waals surface area contributed by atoms with Gasteiger partial charge in [0.15, 0.2) is 0 Å². The number of allylic oxidation sites excluding steroid dienone is 2.